The Bertz CT molecular complexity index is 446. The first-order chi connectivity index (χ1) is 17.2. The molecule has 0 aromatic rings. The van der Waals surface area contributed by atoms with Crippen molar-refractivity contribution in [2.75, 3.05) is 81.7 Å². The van der Waals surface area contributed by atoms with E-state index in [9.17, 15) is 0 Å². The van der Waals surface area contributed by atoms with E-state index >= 15 is 0 Å². The van der Waals surface area contributed by atoms with Crippen LogP contribution in [0.15, 0.2) is 0 Å². The third kappa shape index (κ3) is 14.5. The van der Waals surface area contributed by atoms with Crippen molar-refractivity contribution in [1.29, 1.82) is 0 Å². The molecule has 3 unspecified atom stereocenters. The number of nitrogens with zero attached hydrogens (tertiary/aromatic N) is 3. The topological polar surface area (TPSA) is 101 Å². The summed E-state index contributed by atoms with van der Waals surface area (Å²) in [4.78, 5) is 7.34. The molecule has 9 nitrogen and oxygen atoms in total. The monoisotopic (exact) mass is 521 g/mol. The molecule has 0 spiro atoms. The highest BCUT2D eigenvalue weighted by Crippen LogP contribution is 2.16. The zero-order valence-corrected chi connectivity index (χ0v) is 25.9. The van der Waals surface area contributed by atoms with Crippen LogP contribution in [0.2, 0.25) is 0 Å². The molecule has 0 saturated carbocycles. The summed E-state index contributed by atoms with van der Waals surface area (Å²) in [5, 5.41) is 3.28. The Morgan fingerprint density at radius 1 is 0.611 bits per heavy atom. The molecule has 0 aliphatic carbocycles. The SMILES string of the molecule is CN.CN.CNC1CN(C(C)C)CC1OC.COC1CCN(C(C)C)C1.CO[C@H]1CCN(C(C)C)C1. The van der Waals surface area contributed by atoms with Gasteiger partial charge in [-0.2, -0.15) is 0 Å². The summed E-state index contributed by atoms with van der Waals surface area (Å²) in [6.07, 6.45) is 3.74. The van der Waals surface area contributed by atoms with Crippen molar-refractivity contribution in [3.8, 4) is 0 Å². The quantitative estimate of drug-likeness (QED) is 0.463. The van der Waals surface area contributed by atoms with Gasteiger partial charge in [-0.25, -0.2) is 0 Å². The number of nitrogens with two attached hydrogens (primary N) is 2. The molecule has 3 aliphatic heterocycles. The predicted molar refractivity (Wildman–Crippen MR) is 155 cm³/mol. The second-order valence-electron chi connectivity index (χ2n) is 10.2. The Labute approximate surface area is 224 Å². The molecule has 9 heteroatoms. The van der Waals surface area contributed by atoms with E-state index in [4.69, 9.17) is 14.2 Å². The number of ether oxygens (including phenoxy) is 3. The van der Waals surface area contributed by atoms with Gasteiger partial charge < -0.3 is 31.0 Å². The number of likely N-dealkylation sites (N-methyl/N-ethyl adjacent to an activating group) is 1. The van der Waals surface area contributed by atoms with Gasteiger partial charge in [0.05, 0.1) is 18.3 Å². The summed E-state index contributed by atoms with van der Waals surface area (Å²) in [6.45, 7) is 20.2. The van der Waals surface area contributed by atoms with Crippen LogP contribution >= 0.6 is 0 Å². The molecule has 3 aliphatic rings. The van der Waals surface area contributed by atoms with Gasteiger partial charge in [-0.3, -0.25) is 14.7 Å². The van der Waals surface area contributed by atoms with Crippen LogP contribution in [0.1, 0.15) is 54.4 Å². The molecule has 0 aromatic carbocycles. The largest absolute Gasteiger partial charge is 0.380 e. The van der Waals surface area contributed by atoms with Gasteiger partial charge in [0.2, 0.25) is 0 Å². The zero-order chi connectivity index (χ0) is 28.3. The number of rotatable bonds is 7. The van der Waals surface area contributed by atoms with E-state index in [0.717, 1.165) is 26.2 Å². The molecule has 4 atom stereocenters. The minimum atomic E-state index is 0.359. The molecule has 220 valence electrons. The van der Waals surface area contributed by atoms with Gasteiger partial charge in [0.15, 0.2) is 0 Å². The molecule has 3 heterocycles. The van der Waals surface area contributed by atoms with Gasteiger partial charge in [-0.05, 0) is 75.5 Å². The third-order valence-corrected chi connectivity index (χ3v) is 7.18. The summed E-state index contributed by atoms with van der Waals surface area (Å²) in [5.41, 5.74) is 9.00. The zero-order valence-electron chi connectivity index (χ0n) is 25.9. The summed E-state index contributed by atoms with van der Waals surface area (Å²) in [6, 6.07) is 2.48. The minimum absolute atomic E-state index is 0.359. The van der Waals surface area contributed by atoms with Crippen LogP contribution in [-0.2, 0) is 14.2 Å². The lowest BCUT2D eigenvalue weighted by atomic mass is 10.2. The van der Waals surface area contributed by atoms with Gasteiger partial charge in [0.1, 0.15) is 0 Å². The van der Waals surface area contributed by atoms with Crippen molar-refractivity contribution in [2.24, 2.45) is 11.5 Å². The van der Waals surface area contributed by atoms with Gasteiger partial charge >= 0.3 is 0 Å². The maximum absolute atomic E-state index is 5.39. The van der Waals surface area contributed by atoms with E-state index in [1.807, 2.05) is 7.05 Å². The van der Waals surface area contributed by atoms with Crippen LogP contribution < -0.4 is 16.8 Å². The molecule has 36 heavy (non-hydrogen) atoms. The van der Waals surface area contributed by atoms with E-state index in [0.29, 0.717) is 42.5 Å². The molecule has 3 fully saturated rings. The normalized spacial score (nSPS) is 26.6. The Kier molecular flexibility index (Phi) is 23.7. The van der Waals surface area contributed by atoms with Crippen LogP contribution in [-0.4, -0.2) is 139 Å². The Morgan fingerprint density at radius 2 is 1.00 bits per heavy atom. The predicted octanol–water partition coefficient (Wildman–Crippen LogP) is 1.69. The fourth-order valence-corrected chi connectivity index (χ4v) is 4.57. The summed E-state index contributed by atoms with van der Waals surface area (Å²) in [5.74, 6) is 0. The highest BCUT2D eigenvalue weighted by molar-refractivity contribution is 4.90. The average Bonchev–Trinajstić information content (AvgIpc) is 3.66. The van der Waals surface area contributed by atoms with Crippen molar-refractivity contribution < 1.29 is 14.2 Å². The van der Waals surface area contributed by atoms with E-state index < -0.39 is 0 Å². The molecule has 0 radical (unpaired) electrons. The maximum Gasteiger partial charge on any atom is 0.0863 e. The molecule has 3 saturated heterocycles. The lowest BCUT2D eigenvalue weighted by molar-refractivity contribution is 0.0891. The Hall–Kier alpha value is -0.360. The standard InChI is InChI=1S/C9H20N2O.2C8H17NO.2CH5N/c1-7(2)11-5-8(10-3)9(6-11)12-4;2*1-7(2)9-5-4-8(6-9)10-3;2*1-2/h7-10H,5-6H2,1-4H3;2*7-8H,4-6H2,1-3H3;2*2H2,1H3/t;8-;;;/m.0.../s1. The fourth-order valence-electron chi connectivity index (χ4n) is 4.57. The minimum Gasteiger partial charge on any atom is -0.380 e. The second-order valence-corrected chi connectivity index (χ2v) is 10.2. The van der Waals surface area contributed by atoms with E-state index in [1.54, 1.807) is 21.3 Å². The van der Waals surface area contributed by atoms with Crippen molar-refractivity contribution in [3.63, 3.8) is 0 Å². The summed E-state index contributed by atoms with van der Waals surface area (Å²) < 4.78 is 15.9. The number of nitrogens with one attached hydrogen (secondary N) is 1. The van der Waals surface area contributed by atoms with E-state index in [1.165, 1.54) is 40.0 Å². The van der Waals surface area contributed by atoms with Gasteiger partial charge in [-0.1, -0.05) is 0 Å². The Balaban J connectivity index is 0. The molecule has 5 N–H and O–H groups in total. The molecular formula is C27H64N6O3. The number of methoxy groups -OCH3 is 3. The van der Waals surface area contributed by atoms with E-state index in [2.05, 4.69) is 73.0 Å². The lowest BCUT2D eigenvalue weighted by Gasteiger charge is -2.19. The second kappa shape index (κ2) is 22.6. The molecule has 0 bridgehead atoms. The first-order valence-electron chi connectivity index (χ1n) is 13.8. The highest BCUT2D eigenvalue weighted by atomic mass is 16.5. The smallest absolute Gasteiger partial charge is 0.0863 e. The van der Waals surface area contributed by atoms with Crippen LogP contribution in [0.3, 0.4) is 0 Å². The van der Waals surface area contributed by atoms with Crippen molar-refractivity contribution >= 4 is 0 Å². The number of hydrogen-bond donors (Lipinski definition) is 3. The summed E-state index contributed by atoms with van der Waals surface area (Å²) in [7, 11) is 10.4. The van der Waals surface area contributed by atoms with Crippen LogP contribution in [0, 0.1) is 0 Å². The van der Waals surface area contributed by atoms with Crippen LogP contribution in [0.5, 0.6) is 0 Å². The first kappa shape index (κ1) is 37.8. The number of hydrogen-bond acceptors (Lipinski definition) is 9. The molecule has 0 amide bonds. The molecular weight excluding hydrogens is 456 g/mol. The molecule has 3 rings (SSSR count). The van der Waals surface area contributed by atoms with Crippen molar-refractivity contribution in [1.82, 2.24) is 20.0 Å². The van der Waals surface area contributed by atoms with Crippen molar-refractivity contribution in [3.05, 3.63) is 0 Å². The fraction of sp³-hybridized carbons (Fsp3) is 1.00. The maximum atomic E-state index is 5.39. The average molecular weight is 521 g/mol. The third-order valence-electron chi connectivity index (χ3n) is 7.18. The van der Waals surface area contributed by atoms with Gasteiger partial charge in [0.25, 0.3) is 0 Å². The van der Waals surface area contributed by atoms with Crippen molar-refractivity contribution in [2.45, 2.75) is 96.9 Å². The highest BCUT2D eigenvalue weighted by Gasteiger charge is 2.32. The van der Waals surface area contributed by atoms with Gasteiger partial charge in [-0.15, -0.1) is 0 Å². The van der Waals surface area contributed by atoms with Crippen LogP contribution in [0.25, 0.3) is 0 Å². The van der Waals surface area contributed by atoms with Crippen LogP contribution in [0.4, 0.5) is 0 Å². The first-order valence-corrected chi connectivity index (χ1v) is 13.8. The Morgan fingerprint density at radius 3 is 1.19 bits per heavy atom. The molecule has 0 aromatic heterocycles. The number of likely N-dealkylation sites (tertiary alicyclic amines) is 3. The van der Waals surface area contributed by atoms with E-state index in [-0.39, 0.29) is 0 Å². The summed E-state index contributed by atoms with van der Waals surface area (Å²) >= 11 is 0. The van der Waals surface area contributed by atoms with Gasteiger partial charge in [0, 0.05) is 84.8 Å². The lowest BCUT2D eigenvalue weighted by Crippen LogP contribution is -2.37.